The van der Waals surface area contributed by atoms with Crippen LogP contribution in [0.5, 0.6) is 0 Å². The van der Waals surface area contributed by atoms with Gasteiger partial charge in [0, 0.05) is 22.8 Å². The minimum Gasteiger partial charge on any atom is -0.465 e. The Labute approximate surface area is 106 Å². The van der Waals surface area contributed by atoms with Gasteiger partial charge in [0.15, 0.2) is 0 Å². The van der Waals surface area contributed by atoms with Crippen LogP contribution in [0.15, 0.2) is 24.4 Å². The smallest absolute Gasteiger partial charge is 0.405 e. The molecule has 3 fully saturated rings. The molecule has 1 amide bonds. The molecule has 1 aromatic rings. The molecule has 4 nitrogen and oxygen atoms in total. The van der Waals surface area contributed by atoms with Gasteiger partial charge in [-0.15, -0.1) is 0 Å². The molecule has 3 aliphatic carbocycles. The summed E-state index contributed by atoms with van der Waals surface area (Å²) in [4.78, 5) is 15.2. The molecule has 3 aliphatic rings. The maximum atomic E-state index is 10.7. The normalized spacial score (nSPS) is 32.7. The van der Waals surface area contributed by atoms with Crippen molar-refractivity contribution in [3.8, 4) is 0 Å². The van der Waals surface area contributed by atoms with Crippen LogP contribution in [0.2, 0.25) is 0 Å². The second-order valence-electron chi connectivity index (χ2n) is 5.50. The average molecular weight is 244 g/mol. The Morgan fingerprint density at radius 2 is 2.17 bits per heavy atom. The summed E-state index contributed by atoms with van der Waals surface area (Å²) in [5, 5.41) is 11.4. The molecule has 4 heteroatoms. The highest BCUT2D eigenvalue weighted by atomic mass is 16.4. The van der Waals surface area contributed by atoms with Gasteiger partial charge in [0.2, 0.25) is 0 Å². The Balaban J connectivity index is 1.70. The van der Waals surface area contributed by atoms with E-state index in [1.54, 1.807) is 0 Å². The Hall–Kier alpha value is -1.84. The average Bonchev–Trinajstić information content (AvgIpc) is 2.23. The van der Waals surface area contributed by atoms with Gasteiger partial charge >= 0.3 is 6.09 Å². The number of hydrogen-bond acceptors (Lipinski definition) is 2. The molecule has 18 heavy (non-hydrogen) atoms. The van der Waals surface area contributed by atoms with Crippen molar-refractivity contribution >= 4 is 12.2 Å². The maximum Gasteiger partial charge on any atom is 0.405 e. The third-order valence-electron chi connectivity index (χ3n) is 4.09. The van der Waals surface area contributed by atoms with Crippen LogP contribution in [0.4, 0.5) is 4.79 Å². The number of carboxylic acid groups (broad SMARTS) is 1. The SMILES string of the molecule is CC=Cc1ccc(C23CC(NC(=O)O)(C2)C3)nc1. The number of amides is 1. The predicted octanol–water partition coefficient (Wildman–Crippen LogP) is 2.56. The van der Waals surface area contributed by atoms with Crippen LogP contribution in [-0.4, -0.2) is 21.7 Å². The summed E-state index contributed by atoms with van der Waals surface area (Å²) in [6, 6.07) is 4.14. The van der Waals surface area contributed by atoms with Gasteiger partial charge in [0.1, 0.15) is 0 Å². The van der Waals surface area contributed by atoms with Crippen LogP contribution < -0.4 is 5.32 Å². The quantitative estimate of drug-likeness (QED) is 0.859. The van der Waals surface area contributed by atoms with Crippen molar-refractivity contribution in [2.24, 2.45) is 0 Å². The molecule has 0 aromatic carbocycles. The van der Waals surface area contributed by atoms with E-state index in [1.807, 2.05) is 25.3 Å². The Morgan fingerprint density at radius 3 is 2.67 bits per heavy atom. The van der Waals surface area contributed by atoms with Crippen LogP contribution in [0.3, 0.4) is 0 Å². The van der Waals surface area contributed by atoms with Gasteiger partial charge in [-0.05, 0) is 37.8 Å². The van der Waals surface area contributed by atoms with Gasteiger partial charge in [-0.2, -0.15) is 0 Å². The second-order valence-corrected chi connectivity index (χ2v) is 5.50. The molecule has 0 spiro atoms. The summed E-state index contributed by atoms with van der Waals surface area (Å²) in [5.41, 5.74) is 2.18. The van der Waals surface area contributed by atoms with Crippen LogP contribution in [0.1, 0.15) is 37.4 Å². The number of rotatable bonds is 3. The van der Waals surface area contributed by atoms with Crippen LogP contribution in [-0.2, 0) is 5.41 Å². The van der Waals surface area contributed by atoms with E-state index in [-0.39, 0.29) is 11.0 Å². The highest BCUT2D eigenvalue weighted by Gasteiger charge is 2.69. The first-order valence-corrected chi connectivity index (χ1v) is 6.18. The first-order chi connectivity index (χ1) is 8.57. The fourth-order valence-electron chi connectivity index (χ4n) is 3.43. The van der Waals surface area contributed by atoms with E-state index in [1.165, 1.54) is 0 Å². The van der Waals surface area contributed by atoms with Crippen LogP contribution in [0, 0.1) is 0 Å². The molecule has 1 heterocycles. The molecule has 94 valence electrons. The fraction of sp³-hybridized carbons (Fsp3) is 0.429. The predicted molar refractivity (Wildman–Crippen MR) is 68.4 cm³/mol. The lowest BCUT2D eigenvalue weighted by molar-refractivity contribution is -0.0848. The van der Waals surface area contributed by atoms with Crippen molar-refractivity contribution in [1.82, 2.24) is 10.3 Å². The van der Waals surface area contributed by atoms with Crippen LogP contribution >= 0.6 is 0 Å². The monoisotopic (exact) mass is 244 g/mol. The van der Waals surface area contributed by atoms with E-state index in [4.69, 9.17) is 5.11 Å². The van der Waals surface area contributed by atoms with Crippen molar-refractivity contribution in [1.29, 1.82) is 0 Å². The van der Waals surface area contributed by atoms with Crippen molar-refractivity contribution < 1.29 is 9.90 Å². The zero-order valence-electron chi connectivity index (χ0n) is 10.3. The van der Waals surface area contributed by atoms with E-state index < -0.39 is 6.09 Å². The third kappa shape index (κ3) is 1.52. The summed E-state index contributed by atoms with van der Waals surface area (Å²) in [6.45, 7) is 1.98. The zero-order chi connectivity index (χ0) is 12.8. The zero-order valence-corrected chi connectivity index (χ0v) is 10.3. The number of nitrogens with zero attached hydrogens (tertiary/aromatic N) is 1. The van der Waals surface area contributed by atoms with E-state index in [2.05, 4.69) is 22.4 Å². The fourth-order valence-corrected chi connectivity index (χ4v) is 3.43. The van der Waals surface area contributed by atoms with Gasteiger partial charge in [-0.1, -0.05) is 18.2 Å². The van der Waals surface area contributed by atoms with E-state index in [0.717, 1.165) is 30.5 Å². The van der Waals surface area contributed by atoms with Gasteiger partial charge in [-0.3, -0.25) is 4.98 Å². The largest absolute Gasteiger partial charge is 0.465 e. The second kappa shape index (κ2) is 3.57. The Kier molecular flexibility index (Phi) is 2.24. The van der Waals surface area contributed by atoms with Crippen molar-refractivity contribution in [2.45, 2.75) is 37.1 Å². The van der Waals surface area contributed by atoms with Gasteiger partial charge < -0.3 is 10.4 Å². The molecule has 0 atom stereocenters. The number of allylic oxidation sites excluding steroid dienone is 1. The lowest BCUT2D eigenvalue weighted by atomic mass is 9.38. The van der Waals surface area contributed by atoms with Gasteiger partial charge in [-0.25, -0.2) is 4.79 Å². The number of hydrogen-bond donors (Lipinski definition) is 2. The lowest BCUT2D eigenvalue weighted by Crippen LogP contribution is -2.76. The Morgan fingerprint density at radius 1 is 1.44 bits per heavy atom. The molecule has 3 saturated carbocycles. The summed E-state index contributed by atoms with van der Waals surface area (Å²) in [7, 11) is 0. The molecule has 2 bridgehead atoms. The topological polar surface area (TPSA) is 62.2 Å². The summed E-state index contributed by atoms with van der Waals surface area (Å²) in [6.07, 6.45) is 7.65. The van der Waals surface area contributed by atoms with Crippen molar-refractivity contribution in [3.63, 3.8) is 0 Å². The van der Waals surface area contributed by atoms with E-state index in [0.29, 0.717) is 0 Å². The standard InChI is InChI=1S/C14H16N2O2/c1-2-3-10-4-5-11(15-6-10)13-7-14(8-13,9-13)16-12(17)18/h2-6,16H,7-9H2,1H3,(H,17,18). The maximum absolute atomic E-state index is 10.7. The lowest BCUT2D eigenvalue weighted by Gasteiger charge is -2.69. The highest BCUT2D eigenvalue weighted by Crippen LogP contribution is 2.67. The summed E-state index contributed by atoms with van der Waals surface area (Å²) >= 11 is 0. The molecular formula is C14H16N2O2. The van der Waals surface area contributed by atoms with Crippen LogP contribution in [0.25, 0.3) is 6.08 Å². The van der Waals surface area contributed by atoms with Crippen molar-refractivity contribution in [3.05, 3.63) is 35.7 Å². The molecule has 2 N–H and O–H groups in total. The number of carbonyl (C=O) groups is 1. The number of aromatic nitrogens is 1. The summed E-state index contributed by atoms with van der Waals surface area (Å²) in [5.74, 6) is 0. The first kappa shape index (κ1) is 11.3. The highest BCUT2D eigenvalue weighted by molar-refractivity contribution is 5.67. The van der Waals surface area contributed by atoms with E-state index in [9.17, 15) is 4.79 Å². The van der Waals surface area contributed by atoms with Gasteiger partial charge in [0.25, 0.3) is 0 Å². The molecule has 4 rings (SSSR count). The molecule has 0 aliphatic heterocycles. The van der Waals surface area contributed by atoms with Crippen molar-refractivity contribution in [2.75, 3.05) is 0 Å². The number of pyridine rings is 1. The molecule has 0 radical (unpaired) electrons. The minimum atomic E-state index is -0.917. The molecular weight excluding hydrogens is 228 g/mol. The minimum absolute atomic E-state index is 0.136. The third-order valence-corrected chi connectivity index (χ3v) is 4.09. The number of nitrogens with one attached hydrogen (secondary N) is 1. The summed E-state index contributed by atoms with van der Waals surface area (Å²) < 4.78 is 0. The first-order valence-electron chi connectivity index (χ1n) is 6.18. The van der Waals surface area contributed by atoms with E-state index >= 15 is 0 Å². The molecule has 0 unspecified atom stereocenters. The molecule has 0 saturated heterocycles. The Bertz CT molecular complexity index is 499. The molecule has 1 aromatic heterocycles. The van der Waals surface area contributed by atoms with Gasteiger partial charge in [0.05, 0.1) is 0 Å².